The summed E-state index contributed by atoms with van der Waals surface area (Å²) in [5.74, 6) is 1.13. The standard InChI is InChI=1S/C15H23N5O3S/c1-19(2)15(21)12-6-16-7-14(17-12)18-13-9-20(24(3,22)23)8-11(13)10-4-5-10/h6-7,10-11,13H,4-5,8-9H2,1-3H3,(H,17,18)/t11-,13+/m0/s1. The molecule has 0 radical (unpaired) electrons. The average molecular weight is 353 g/mol. The van der Waals surface area contributed by atoms with Crippen molar-refractivity contribution in [2.24, 2.45) is 11.8 Å². The van der Waals surface area contributed by atoms with E-state index in [9.17, 15) is 13.2 Å². The van der Waals surface area contributed by atoms with Crippen LogP contribution in [0.3, 0.4) is 0 Å². The molecule has 1 saturated heterocycles. The van der Waals surface area contributed by atoms with Crippen LogP contribution in [-0.4, -0.2) is 73.0 Å². The number of amides is 1. The van der Waals surface area contributed by atoms with Crippen LogP contribution in [0, 0.1) is 11.8 Å². The van der Waals surface area contributed by atoms with Crippen molar-refractivity contribution in [3.63, 3.8) is 0 Å². The number of carbonyl (C=O) groups is 1. The van der Waals surface area contributed by atoms with Gasteiger partial charge in [0.1, 0.15) is 11.5 Å². The van der Waals surface area contributed by atoms with E-state index in [0.717, 1.165) is 12.8 Å². The number of rotatable bonds is 5. The number of carbonyl (C=O) groups excluding carboxylic acids is 1. The van der Waals surface area contributed by atoms with Crippen molar-refractivity contribution >= 4 is 21.7 Å². The van der Waals surface area contributed by atoms with Gasteiger partial charge in [0.2, 0.25) is 10.0 Å². The molecule has 2 fully saturated rings. The minimum atomic E-state index is -3.20. The maximum absolute atomic E-state index is 12.0. The highest BCUT2D eigenvalue weighted by atomic mass is 32.2. The van der Waals surface area contributed by atoms with Gasteiger partial charge in [-0.3, -0.25) is 9.78 Å². The van der Waals surface area contributed by atoms with E-state index in [1.54, 1.807) is 20.3 Å². The Balaban J connectivity index is 1.77. The number of sulfonamides is 1. The monoisotopic (exact) mass is 353 g/mol. The van der Waals surface area contributed by atoms with Crippen LogP contribution in [0.15, 0.2) is 12.4 Å². The largest absolute Gasteiger partial charge is 0.364 e. The van der Waals surface area contributed by atoms with Gasteiger partial charge in [0, 0.05) is 33.2 Å². The van der Waals surface area contributed by atoms with Crippen molar-refractivity contribution in [1.82, 2.24) is 19.2 Å². The fourth-order valence-corrected chi connectivity index (χ4v) is 4.05. The van der Waals surface area contributed by atoms with E-state index in [1.807, 2.05) is 0 Å². The molecule has 1 aliphatic carbocycles. The van der Waals surface area contributed by atoms with Crippen molar-refractivity contribution in [3.05, 3.63) is 18.1 Å². The van der Waals surface area contributed by atoms with Crippen molar-refractivity contribution in [3.8, 4) is 0 Å². The van der Waals surface area contributed by atoms with Crippen molar-refractivity contribution in [2.45, 2.75) is 18.9 Å². The molecule has 1 aliphatic heterocycles. The van der Waals surface area contributed by atoms with Gasteiger partial charge in [0.15, 0.2) is 0 Å². The Labute approximate surface area is 142 Å². The molecule has 132 valence electrons. The summed E-state index contributed by atoms with van der Waals surface area (Å²) in [7, 11) is 0.119. The van der Waals surface area contributed by atoms with E-state index in [0.29, 0.717) is 24.8 Å². The molecule has 1 aromatic rings. The highest BCUT2D eigenvalue weighted by Crippen LogP contribution is 2.42. The summed E-state index contributed by atoms with van der Waals surface area (Å²) in [4.78, 5) is 21.9. The lowest BCUT2D eigenvalue weighted by Gasteiger charge is -2.20. The molecular weight excluding hydrogens is 330 g/mol. The Morgan fingerprint density at radius 2 is 2.00 bits per heavy atom. The summed E-state index contributed by atoms with van der Waals surface area (Å²) in [5, 5.41) is 3.30. The maximum atomic E-state index is 12.0. The van der Waals surface area contributed by atoms with Crippen molar-refractivity contribution in [1.29, 1.82) is 0 Å². The van der Waals surface area contributed by atoms with Gasteiger partial charge in [-0.1, -0.05) is 0 Å². The third-order valence-electron chi connectivity index (χ3n) is 4.62. The van der Waals surface area contributed by atoms with E-state index in [-0.39, 0.29) is 23.6 Å². The van der Waals surface area contributed by atoms with Crippen LogP contribution in [-0.2, 0) is 10.0 Å². The fraction of sp³-hybridized carbons (Fsp3) is 0.667. The number of anilines is 1. The molecule has 24 heavy (non-hydrogen) atoms. The van der Waals surface area contributed by atoms with Crippen LogP contribution in [0.4, 0.5) is 5.82 Å². The topological polar surface area (TPSA) is 95.5 Å². The molecule has 2 atom stereocenters. The molecule has 0 spiro atoms. The van der Waals surface area contributed by atoms with Crippen LogP contribution in [0.2, 0.25) is 0 Å². The quantitative estimate of drug-likeness (QED) is 0.816. The second-order valence-corrected chi connectivity index (χ2v) is 8.80. The highest BCUT2D eigenvalue weighted by molar-refractivity contribution is 7.88. The Morgan fingerprint density at radius 3 is 2.58 bits per heavy atom. The number of hydrogen-bond acceptors (Lipinski definition) is 6. The van der Waals surface area contributed by atoms with Gasteiger partial charge in [-0.15, -0.1) is 0 Å². The maximum Gasteiger partial charge on any atom is 0.273 e. The first-order valence-corrected chi connectivity index (χ1v) is 9.86. The predicted molar refractivity (Wildman–Crippen MR) is 90.1 cm³/mol. The van der Waals surface area contributed by atoms with E-state index in [1.165, 1.54) is 21.7 Å². The first-order chi connectivity index (χ1) is 11.3. The molecule has 3 rings (SSSR count). The highest BCUT2D eigenvalue weighted by Gasteiger charge is 2.45. The summed E-state index contributed by atoms with van der Waals surface area (Å²) in [6.07, 6.45) is 6.54. The van der Waals surface area contributed by atoms with Gasteiger partial charge in [0.05, 0.1) is 18.6 Å². The molecule has 1 aromatic heterocycles. The first-order valence-electron chi connectivity index (χ1n) is 8.01. The third kappa shape index (κ3) is 3.67. The minimum Gasteiger partial charge on any atom is -0.364 e. The van der Waals surface area contributed by atoms with Gasteiger partial charge in [-0.2, -0.15) is 4.31 Å². The number of aromatic nitrogens is 2. The molecule has 0 bridgehead atoms. The smallest absolute Gasteiger partial charge is 0.273 e. The lowest BCUT2D eigenvalue weighted by atomic mass is 9.98. The van der Waals surface area contributed by atoms with Crippen LogP contribution >= 0.6 is 0 Å². The third-order valence-corrected chi connectivity index (χ3v) is 5.86. The Hall–Kier alpha value is -1.74. The molecule has 9 heteroatoms. The van der Waals surface area contributed by atoms with Crippen molar-refractivity contribution in [2.75, 3.05) is 38.8 Å². The van der Waals surface area contributed by atoms with Gasteiger partial charge >= 0.3 is 0 Å². The van der Waals surface area contributed by atoms with E-state index in [4.69, 9.17) is 0 Å². The van der Waals surface area contributed by atoms with Gasteiger partial charge in [-0.05, 0) is 24.7 Å². The fourth-order valence-electron chi connectivity index (χ4n) is 3.17. The summed E-state index contributed by atoms with van der Waals surface area (Å²) >= 11 is 0. The van der Waals surface area contributed by atoms with E-state index in [2.05, 4.69) is 15.3 Å². The van der Waals surface area contributed by atoms with E-state index < -0.39 is 10.0 Å². The number of nitrogens with zero attached hydrogens (tertiary/aromatic N) is 4. The molecule has 0 aromatic carbocycles. The molecule has 1 N–H and O–H groups in total. The SMILES string of the molecule is CN(C)C(=O)c1cncc(N[C@@H]2CN(S(C)(=O)=O)C[C@H]2C2CC2)n1. The van der Waals surface area contributed by atoms with E-state index >= 15 is 0 Å². The molecule has 0 unspecified atom stereocenters. The summed E-state index contributed by atoms with van der Waals surface area (Å²) in [6, 6.07) is -0.00812. The molecule has 2 heterocycles. The Kier molecular flexibility index (Phi) is 4.48. The van der Waals surface area contributed by atoms with Crippen LogP contribution < -0.4 is 5.32 Å². The lowest BCUT2D eigenvalue weighted by molar-refractivity contribution is 0.0821. The zero-order chi connectivity index (χ0) is 17.5. The molecule has 1 saturated carbocycles. The Morgan fingerprint density at radius 1 is 1.29 bits per heavy atom. The van der Waals surface area contributed by atoms with Gasteiger partial charge < -0.3 is 10.2 Å². The molecule has 1 amide bonds. The second kappa shape index (κ2) is 6.29. The molecular formula is C15H23N5O3S. The summed E-state index contributed by atoms with van der Waals surface area (Å²) in [5.41, 5.74) is 0.269. The van der Waals surface area contributed by atoms with Crippen molar-refractivity contribution < 1.29 is 13.2 Å². The normalized spacial score (nSPS) is 24.8. The summed E-state index contributed by atoms with van der Waals surface area (Å²) < 4.78 is 25.2. The molecule has 2 aliphatic rings. The number of hydrogen-bond donors (Lipinski definition) is 1. The lowest BCUT2D eigenvalue weighted by Crippen LogP contribution is -2.32. The Bertz CT molecular complexity index is 732. The average Bonchev–Trinajstić information content (AvgIpc) is 3.26. The zero-order valence-electron chi connectivity index (χ0n) is 14.1. The van der Waals surface area contributed by atoms with Gasteiger partial charge in [-0.25, -0.2) is 13.4 Å². The van der Waals surface area contributed by atoms with Crippen LogP contribution in [0.1, 0.15) is 23.3 Å². The van der Waals surface area contributed by atoms with Crippen LogP contribution in [0.5, 0.6) is 0 Å². The van der Waals surface area contributed by atoms with Crippen LogP contribution in [0.25, 0.3) is 0 Å². The second-order valence-electron chi connectivity index (χ2n) is 6.82. The molecule has 8 nitrogen and oxygen atoms in total. The minimum absolute atomic E-state index is 0.00812. The first kappa shape index (κ1) is 17.1. The number of nitrogens with one attached hydrogen (secondary N) is 1. The van der Waals surface area contributed by atoms with Gasteiger partial charge in [0.25, 0.3) is 5.91 Å². The zero-order valence-corrected chi connectivity index (χ0v) is 15.0. The predicted octanol–water partition coefficient (Wildman–Crippen LogP) is 0.260. The summed E-state index contributed by atoms with van der Waals surface area (Å²) in [6.45, 7) is 0.971.